The monoisotopic (exact) mass is 386 g/mol. The van der Waals surface area contributed by atoms with Crippen LogP contribution >= 0.6 is 0 Å². The Kier molecular flexibility index (Phi) is 5.58. The second kappa shape index (κ2) is 6.61. The van der Waals surface area contributed by atoms with Gasteiger partial charge in [-0.05, 0) is 12.1 Å². The molecule has 1 aromatic rings. The average Bonchev–Trinajstić information content (AvgIpc) is 2.37. The molecule has 0 saturated heterocycles. The lowest BCUT2D eigenvalue weighted by molar-refractivity contribution is -0.285. The van der Waals surface area contributed by atoms with Crippen molar-refractivity contribution in [1.29, 1.82) is 0 Å². The van der Waals surface area contributed by atoms with E-state index in [1.807, 2.05) is 0 Å². The van der Waals surface area contributed by atoms with Crippen LogP contribution in [0.5, 0.6) is 5.75 Å². The molecule has 0 aromatic heterocycles. The van der Waals surface area contributed by atoms with Crippen LogP contribution in [0, 0.1) is 0 Å². The van der Waals surface area contributed by atoms with E-state index in [1.54, 1.807) is 0 Å². The van der Waals surface area contributed by atoms with Crippen LogP contribution in [0.25, 0.3) is 4.72 Å². The molecule has 24 heavy (non-hydrogen) atoms. The Labute approximate surface area is 130 Å². The van der Waals surface area contributed by atoms with Crippen molar-refractivity contribution >= 4 is 15.7 Å². The Hall–Kier alpha value is -1.79. The first-order chi connectivity index (χ1) is 10.7. The van der Waals surface area contributed by atoms with Crippen LogP contribution < -0.4 is 4.74 Å². The fourth-order valence-electron chi connectivity index (χ4n) is 1.23. The Morgan fingerprint density at radius 2 is 1.42 bits per heavy atom. The molecule has 1 rings (SSSR count). The number of benzene rings is 1. The molecule has 138 valence electrons. The maximum Gasteiger partial charge on any atom is 0.483 e. The Bertz CT molecular complexity index is 651. The second-order valence-electron chi connectivity index (χ2n) is 4.31. The van der Waals surface area contributed by atoms with Gasteiger partial charge in [0.25, 0.3) is 0 Å². The van der Waals surface area contributed by atoms with Crippen LogP contribution in [0.3, 0.4) is 0 Å². The molecule has 13 heteroatoms. The Morgan fingerprint density at radius 3 is 1.83 bits per heavy atom. The van der Waals surface area contributed by atoms with Gasteiger partial charge in [0.05, 0.1) is 13.0 Å². The lowest BCUT2D eigenvalue weighted by atomic mass is 10.2. The molecule has 0 N–H and O–H groups in total. The summed E-state index contributed by atoms with van der Waals surface area (Å²) < 4.78 is 126. The van der Waals surface area contributed by atoms with Crippen LogP contribution in [0.1, 0.15) is 6.42 Å². The quantitative estimate of drug-likeness (QED) is 0.676. The van der Waals surface area contributed by atoms with Crippen molar-refractivity contribution in [3.8, 4) is 5.75 Å². The third-order valence-corrected chi connectivity index (χ3v) is 3.49. The summed E-state index contributed by atoms with van der Waals surface area (Å²) in [6.45, 7) is -1.02. The molecular formula is C11H8F8NO3S-. The molecule has 0 saturated carbocycles. The first-order valence-corrected chi connectivity index (χ1v) is 7.31. The lowest BCUT2D eigenvalue weighted by Crippen LogP contribution is -2.37. The van der Waals surface area contributed by atoms with Crippen molar-refractivity contribution in [1.82, 2.24) is 0 Å². The summed E-state index contributed by atoms with van der Waals surface area (Å²) in [5.74, 6) is -5.21. The van der Waals surface area contributed by atoms with Gasteiger partial charge in [-0.2, -0.15) is 35.1 Å². The molecule has 0 aliphatic heterocycles. The number of nitrogens with zero attached hydrogens (tertiary/aromatic N) is 1. The van der Waals surface area contributed by atoms with Gasteiger partial charge in [-0.15, -0.1) is 5.69 Å². The smallest absolute Gasteiger partial charge is 0.483 e. The summed E-state index contributed by atoms with van der Waals surface area (Å²) in [6, 6.07) is 3.27. The fourth-order valence-corrected chi connectivity index (χ4v) is 1.74. The topological polar surface area (TPSA) is 57.5 Å². The zero-order chi connectivity index (χ0) is 18.8. The van der Waals surface area contributed by atoms with Crippen LogP contribution in [-0.4, -0.2) is 32.6 Å². The summed E-state index contributed by atoms with van der Waals surface area (Å²) in [6.07, 6.45) is -7.39. The highest BCUT2D eigenvalue weighted by atomic mass is 32.2. The minimum atomic E-state index is -5.76. The van der Waals surface area contributed by atoms with Gasteiger partial charge in [-0.25, -0.2) is 8.42 Å². The van der Waals surface area contributed by atoms with Gasteiger partial charge in [0.2, 0.25) is 0 Å². The zero-order valence-electron chi connectivity index (χ0n) is 11.3. The van der Waals surface area contributed by atoms with E-state index in [1.165, 1.54) is 0 Å². The summed E-state index contributed by atoms with van der Waals surface area (Å²) >= 11 is 0. The van der Waals surface area contributed by atoms with E-state index in [-0.39, 0.29) is 5.75 Å². The van der Waals surface area contributed by atoms with E-state index in [4.69, 9.17) is 0 Å². The normalized spacial score (nSPS) is 13.7. The molecule has 0 bridgehead atoms. The van der Waals surface area contributed by atoms with Crippen molar-refractivity contribution in [2.45, 2.75) is 24.0 Å². The highest BCUT2D eigenvalue weighted by Gasteiger charge is 2.56. The van der Waals surface area contributed by atoms with E-state index >= 15 is 0 Å². The molecule has 4 nitrogen and oxygen atoms in total. The summed E-state index contributed by atoms with van der Waals surface area (Å²) in [7, 11) is -5.76. The van der Waals surface area contributed by atoms with E-state index in [0.717, 1.165) is 24.3 Å². The molecule has 0 spiro atoms. The van der Waals surface area contributed by atoms with Gasteiger partial charge in [0.1, 0.15) is 5.75 Å². The predicted octanol–water partition coefficient (Wildman–Crippen LogP) is 4.51. The second-order valence-corrected chi connectivity index (χ2v) is 5.90. The number of halogens is 8. The number of ether oxygens (including phenoxy) is 1. The van der Waals surface area contributed by atoms with E-state index in [2.05, 4.69) is 9.46 Å². The summed E-state index contributed by atoms with van der Waals surface area (Å²) in [5, 5.41) is 0. The molecule has 0 amide bonds. The first kappa shape index (κ1) is 20.3. The lowest BCUT2D eigenvalue weighted by Gasteiger charge is -2.23. The minimum absolute atomic E-state index is 0.253. The highest BCUT2D eigenvalue weighted by Crippen LogP contribution is 2.38. The van der Waals surface area contributed by atoms with E-state index in [9.17, 15) is 43.5 Å². The number of sulfonamides is 1. The SMILES string of the molecule is O=S(=O)([N-]c1ccc(OCCC(F)(F)C(F)(F)F)cc1)C(F)(F)F. The van der Waals surface area contributed by atoms with E-state index < -0.39 is 46.3 Å². The van der Waals surface area contributed by atoms with Gasteiger partial charge >= 0.3 is 17.6 Å². The third-order valence-electron chi connectivity index (χ3n) is 2.45. The average molecular weight is 386 g/mol. The van der Waals surface area contributed by atoms with Crippen LogP contribution in [0.2, 0.25) is 0 Å². The minimum Gasteiger partial charge on any atom is -0.569 e. The molecule has 1 aromatic carbocycles. The van der Waals surface area contributed by atoms with Crippen LogP contribution in [-0.2, 0) is 10.0 Å². The molecule has 0 radical (unpaired) electrons. The van der Waals surface area contributed by atoms with Crippen molar-refractivity contribution in [2.24, 2.45) is 0 Å². The van der Waals surface area contributed by atoms with Gasteiger partial charge in [-0.3, -0.25) is 0 Å². The third kappa shape index (κ3) is 5.11. The van der Waals surface area contributed by atoms with Crippen molar-refractivity contribution in [3.63, 3.8) is 0 Å². The Morgan fingerprint density at radius 1 is 0.917 bits per heavy atom. The summed E-state index contributed by atoms with van der Waals surface area (Å²) in [5.41, 5.74) is -6.22. The van der Waals surface area contributed by atoms with Gasteiger partial charge in [-0.1, -0.05) is 12.1 Å². The van der Waals surface area contributed by atoms with Gasteiger partial charge in [0, 0.05) is 0 Å². The number of alkyl halides is 8. The number of hydrogen-bond acceptors (Lipinski definition) is 3. The molecule has 0 heterocycles. The molecular weight excluding hydrogens is 378 g/mol. The molecule has 0 atom stereocenters. The van der Waals surface area contributed by atoms with Gasteiger partial charge < -0.3 is 9.46 Å². The largest absolute Gasteiger partial charge is 0.569 e. The predicted molar refractivity (Wildman–Crippen MR) is 65.5 cm³/mol. The highest BCUT2D eigenvalue weighted by molar-refractivity contribution is 7.95. The van der Waals surface area contributed by atoms with Crippen molar-refractivity contribution in [3.05, 3.63) is 29.0 Å². The standard InChI is InChI=1S/C11H8F8NO3S/c12-9(13,10(14,15)16)5-6-23-8-3-1-7(2-4-8)20-24(21,22)11(17,18)19/h1-4H,5-6H2/q-1. The molecule has 0 aliphatic rings. The van der Waals surface area contributed by atoms with Gasteiger partial charge in [0.15, 0.2) is 10.0 Å². The molecule has 0 fully saturated rings. The van der Waals surface area contributed by atoms with Crippen LogP contribution in [0.4, 0.5) is 40.8 Å². The maximum atomic E-state index is 12.6. The maximum absolute atomic E-state index is 12.6. The number of rotatable bonds is 6. The fraction of sp³-hybridized carbons (Fsp3) is 0.455. The molecule has 0 unspecified atom stereocenters. The zero-order valence-corrected chi connectivity index (χ0v) is 12.1. The van der Waals surface area contributed by atoms with Crippen molar-refractivity contribution < 1.29 is 48.3 Å². The van der Waals surface area contributed by atoms with Crippen LogP contribution in [0.15, 0.2) is 24.3 Å². The van der Waals surface area contributed by atoms with E-state index in [0.29, 0.717) is 0 Å². The molecule has 0 aliphatic carbocycles. The Balaban J connectivity index is 2.64. The number of hydrogen-bond donors (Lipinski definition) is 0. The van der Waals surface area contributed by atoms with Crippen molar-refractivity contribution in [2.75, 3.05) is 6.61 Å². The summed E-state index contributed by atoms with van der Waals surface area (Å²) in [4.78, 5) is 0. The first-order valence-electron chi connectivity index (χ1n) is 5.87.